The molecule has 0 aliphatic rings. The lowest BCUT2D eigenvalue weighted by molar-refractivity contribution is -0.137. The number of hydrogen-bond donors (Lipinski definition) is 2. The van der Waals surface area contributed by atoms with Gasteiger partial charge < -0.3 is 15.1 Å². The fraction of sp³-hybridized carbons (Fsp3) is 0.167. The molecule has 2 aromatic carbocycles. The number of anilines is 1. The summed E-state index contributed by atoms with van der Waals surface area (Å²) in [5.41, 5.74) is 0.197. The number of rotatable bonds is 5. The summed E-state index contributed by atoms with van der Waals surface area (Å²) in [5, 5.41) is 6.27. The third-order valence-electron chi connectivity index (χ3n) is 3.58. The zero-order chi connectivity index (χ0) is 17.9. The number of alkyl halides is 3. The van der Waals surface area contributed by atoms with Crippen LogP contribution in [0.1, 0.15) is 11.3 Å². The summed E-state index contributed by atoms with van der Waals surface area (Å²) in [5.74, 6) is 0.256. The van der Waals surface area contributed by atoms with Crippen molar-refractivity contribution in [3.05, 3.63) is 65.9 Å². The summed E-state index contributed by atoms with van der Waals surface area (Å²) >= 11 is 0. The Kier molecular flexibility index (Phi) is 4.65. The zero-order valence-electron chi connectivity index (χ0n) is 13.1. The largest absolute Gasteiger partial charge is 0.459 e. The number of furan rings is 1. The molecule has 1 aromatic heterocycles. The lowest BCUT2D eigenvalue weighted by atomic mass is 10.2. The van der Waals surface area contributed by atoms with E-state index in [1.54, 1.807) is 0 Å². The van der Waals surface area contributed by atoms with Gasteiger partial charge in [-0.05, 0) is 30.3 Å². The molecular weight excluding hydrogens is 333 g/mol. The average molecular weight is 348 g/mol. The van der Waals surface area contributed by atoms with Crippen LogP contribution in [0.5, 0.6) is 0 Å². The molecule has 0 aliphatic carbocycles. The molecule has 3 aromatic rings. The number of benzene rings is 2. The van der Waals surface area contributed by atoms with E-state index < -0.39 is 11.7 Å². The quantitative estimate of drug-likeness (QED) is 0.727. The highest BCUT2D eigenvalue weighted by molar-refractivity contribution is 5.81. The summed E-state index contributed by atoms with van der Waals surface area (Å²) in [4.78, 5) is 11.8. The summed E-state index contributed by atoms with van der Waals surface area (Å²) in [6.07, 6.45) is -4.42. The molecule has 3 rings (SSSR count). The molecule has 0 fully saturated rings. The Bertz CT molecular complexity index is 854. The van der Waals surface area contributed by atoms with Crippen LogP contribution in [0.3, 0.4) is 0 Å². The van der Waals surface area contributed by atoms with Gasteiger partial charge in [-0.1, -0.05) is 24.3 Å². The smallest absolute Gasteiger partial charge is 0.416 e. The molecule has 0 radical (unpaired) electrons. The molecule has 0 saturated carbocycles. The Balaban J connectivity index is 1.53. The first-order chi connectivity index (χ1) is 11.9. The zero-order valence-corrected chi connectivity index (χ0v) is 13.1. The molecule has 7 heteroatoms. The lowest BCUT2D eigenvalue weighted by Gasteiger charge is -2.10. The average Bonchev–Trinajstić information content (AvgIpc) is 3.00. The minimum atomic E-state index is -4.42. The fourth-order valence-electron chi connectivity index (χ4n) is 2.36. The predicted octanol–water partition coefficient (Wildman–Crippen LogP) is 4.18. The van der Waals surface area contributed by atoms with E-state index in [1.165, 1.54) is 12.1 Å². The van der Waals surface area contributed by atoms with Crippen LogP contribution in [0.15, 0.2) is 59.0 Å². The predicted molar refractivity (Wildman–Crippen MR) is 88.0 cm³/mol. The molecule has 130 valence electrons. The SMILES string of the molecule is O=C(CNc1cccc(C(F)(F)F)c1)NCc1cc2ccccc2o1. The Morgan fingerprint density at radius 2 is 1.84 bits per heavy atom. The van der Waals surface area contributed by atoms with Crippen molar-refractivity contribution in [1.29, 1.82) is 0 Å². The van der Waals surface area contributed by atoms with Crippen molar-refractivity contribution in [3.8, 4) is 0 Å². The van der Waals surface area contributed by atoms with Crippen LogP contribution >= 0.6 is 0 Å². The van der Waals surface area contributed by atoms with E-state index in [-0.39, 0.29) is 24.7 Å². The minimum absolute atomic E-state index is 0.137. The minimum Gasteiger partial charge on any atom is -0.459 e. The van der Waals surface area contributed by atoms with Gasteiger partial charge >= 0.3 is 6.18 Å². The molecular formula is C18H15F3N2O2. The van der Waals surface area contributed by atoms with Crippen LogP contribution in [0.2, 0.25) is 0 Å². The molecule has 2 N–H and O–H groups in total. The van der Waals surface area contributed by atoms with Gasteiger partial charge in [0.2, 0.25) is 5.91 Å². The standard InChI is InChI=1S/C18H15F3N2O2/c19-18(20,21)13-5-3-6-14(9-13)22-11-17(24)23-10-15-8-12-4-1-2-7-16(12)25-15/h1-9,22H,10-11H2,(H,23,24). The van der Waals surface area contributed by atoms with Crippen LogP contribution in [0, 0.1) is 0 Å². The fourth-order valence-corrected chi connectivity index (χ4v) is 2.36. The molecule has 4 nitrogen and oxygen atoms in total. The van der Waals surface area contributed by atoms with Gasteiger partial charge in [-0.15, -0.1) is 0 Å². The third kappa shape index (κ3) is 4.32. The van der Waals surface area contributed by atoms with E-state index in [0.717, 1.165) is 23.1 Å². The van der Waals surface area contributed by atoms with Gasteiger partial charge in [-0.25, -0.2) is 0 Å². The summed E-state index contributed by atoms with van der Waals surface area (Å²) in [7, 11) is 0. The van der Waals surface area contributed by atoms with Crippen molar-refractivity contribution < 1.29 is 22.4 Å². The number of hydrogen-bond acceptors (Lipinski definition) is 3. The molecule has 1 heterocycles. The van der Waals surface area contributed by atoms with Crippen LogP contribution < -0.4 is 10.6 Å². The van der Waals surface area contributed by atoms with E-state index in [1.807, 2.05) is 30.3 Å². The Hall–Kier alpha value is -2.96. The molecule has 25 heavy (non-hydrogen) atoms. The molecule has 0 saturated heterocycles. The van der Waals surface area contributed by atoms with E-state index in [9.17, 15) is 18.0 Å². The number of halogens is 3. The second-order valence-electron chi connectivity index (χ2n) is 5.46. The highest BCUT2D eigenvalue weighted by Gasteiger charge is 2.30. The first-order valence-corrected chi connectivity index (χ1v) is 7.57. The Morgan fingerprint density at radius 1 is 1.04 bits per heavy atom. The molecule has 1 amide bonds. The Labute approximate surface area is 141 Å². The topological polar surface area (TPSA) is 54.3 Å². The maximum Gasteiger partial charge on any atom is 0.416 e. The number of para-hydroxylation sites is 1. The second kappa shape index (κ2) is 6.88. The van der Waals surface area contributed by atoms with Gasteiger partial charge in [-0.2, -0.15) is 13.2 Å². The molecule has 0 aliphatic heterocycles. The van der Waals surface area contributed by atoms with Gasteiger partial charge in [0.05, 0.1) is 18.7 Å². The maximum atomic E-state index is 12.6. The first kappa shape index (κ1) is 16.9. The number of amides is 1. The van der Waals surface area contributed by atoms with E-state index >= 15 is 0 Å². The van der Waals surface area contributed by atoms with Gasteiger partial charge in [0.25, 0.3) is 0 Å². The highest BCUT2D eigenvalue weighted by atomic mass is 19.4. The maximum absolute atomic E-state index is 12.6. The summed E-state index contributed by atoms with van der Waals surface area (Å²) < 4.78 is 43.5. The van der Waals surface area contributed by atoms with E-state index in [2.05, 4.69) is 10.6 Å². The Morgan fingerprint density at radius 3 is 2.60 bits per heavy atom. The molecule has 0 atom stereocenters. The third-order valence-corrected chi connectivity index (χ3v) is 3.58. The van der Waals surface area contributed by atoms with Gasteiger partial charge in [0.15, 0.2) is 0 Å². The molecule has 0 bridgehead atoms. The summed E-state index contributed by atoms with van der Waals surface area (Å²) in [6.45, 7) is 0.0688. The van der Waals surface area contributed by atoms with Crippen molar-refractivity contribution in [2.45, 2.75) is 12.7 Å². The monoisotopic (exact) mass is 348 g/mol. The summed E-state index contributed by atoms with van der Waals surface area (Å²) in [6, 6.07) is 14.0. The number of carbonyl (C=O) groups excluding carboxylic acids is 1. The van der Waals surface area contributed by atoms with Crippen LogP contribution in [-0.2, 0) is 17.5 Å². The molecule has 0 unspecified atom stereocenters. The number of fused-ring (bicyclic) bond motifs is 1. The van der Waals surface area contributed by atoms with Crippen molar-refractivity contribution in [1.82, 2.24) is 5.32 Å². The van der Waals surface area contributed by atoms with Crippen molar-refractivity contribution in [2.75, 3.05) is 11.9 Å². The first-order valence-electron chi connectivity index (χ1n) is 7.57. The van der Waals surface area contributed by atoms with E-state index in [0.29, 0.717) is 5.76 Å². The highest BCUT2D eigenvalue weighted by Crippen LogP contribution is 2.30. The van der Waals surface area contributed by atoms with Crippen LogP contribution in [-0.4, -0.2) is 12.5 Å². The van der Waals surface area contributed by atoms with Gasteiger partial charge in [0, 0.05) is 11.1 Å². The van der Waals surface area contributed by atoms with Crippen molar-refractivity contribution in [3.63, 3.8) is 0 Å². The van der Waals surface area contributed by atoms with Crippen LogP contribution in [0.25, 0.3) is 11.0 Å². The normalized spacial score (nSPS) is 11.5. The van der Waals surface area contributed by atoms with E-state index in [4.69, 9.17) is 4.42 Å². The van der Waals surface area contributed by atoms with Crippen molar-refractivity contribution in [2.24, 2.45) is 0 Å². The number of carbonyl (C=O) groups is 1. The molecule has 0 spiro atoms. The second-order valence-corrected chi connectivity index (χ2v) is 5.46. The lowest BCUT2D eigenvalue weighted by Crippen LogP contribution is -2.29. The number of nitrogens with one attached hydrogen (secondary N) is 2. The van der Waals surface area contributed by atoms with Gasteiger partial charge in [0.1, 0.15) is 11.3 Å². The van der Waals surface area contributed by atoms with Crippen molar-refractivity contribution >= 4 is 22.6 Å². The van der Waals surface area contributed by atoms with Gasteiger partial charge in [-0.3, -0.25) is 4.79 Å². The van der Waals surface area contributed by atoms with Crippen LogP contribution in [0.4, 0.5) is 18.9 Å².